The average Bonchev–Trinajstić information content (AvgIpc) is 2.49. The summed E-state index contributed by atoms with van der Waals surface area (Å²) in [6.45, 7) is 5.56. The quantitative estimate of drug-likeness (QED) is 0.568. The van der Waals surface area contributed by atoms with Gasteiger partial charge in [-0.05, 0) is 26.0 Å². The fraction of sp³-hybridized carbons (Fsp3) is 0.667. The highest BCUT2D eigenvalue weighted by molar-refractivity contribution is 5.35. The average molecular weight is 277 g/mol. The van der Waals surface area contributed by atoms with Crippen molar-refractivity contribution in [2.45, 2.75) is 64.8 Å². The summed E-state index contributed by atoms with van der Waals surface area (Å²) in [6, 6.07) is 8.61. The van der Waals surface area contributed by atoms with Gasteiger partial charge < -0.3 is 10.1 Å². The third-order valence-corrected chi connectivity index (χ3v) is 3.84. The van der Waals surface area contributed by atoms with Crippen LogP contribution in [0.3, 0.4) is 0 Å². The summed E-state index contributed by atoms with van der Waals surface area (Å²) in [5.41, 5.74) is 1.25. The van der Waals surface area contributed by atoms with E-state index in [1.807, 2.05) is 12.1 Å². The summed E-state index contributed by atoms with van der Waals surface area (Å²) in [5.74, 6) is 0.979. The second-order valence-corrected chi connectivity index (χ2v) is 5.54. The third-order valence-electron chi connectivity index (χ3n) is 3.84. The smallest absolute Gasteiger partial charge is 0.123 e. The van der Waals surface area contributed by atoms with Crippen LogP contribution in [0, 0.1) is 0 Å². The van der Waals surface area contributed by atoms with Gasteiger partial charge in [0.1, 0.15) is 5.75 Å². The lowest BCUT2D eigenvalue weighted by Crippen LogP contribution is -2.20. The first-order valence-electron chi connectivity index (χ1n) is 8.16. The molecule has 0 amide bonds. The van der Waals surface area contributed by atoms with Gasteiger partial charge in [-0.25, -0.2) is 0 Å². The van der Waals surface area contributed by atoms with Gasteiger partial charge in [0, 0.05) is 11.6 Å². The first-order chi connectivity index (χ1) is 9.79. The Morgan fingerprint density at radius 1 is 1.00 bits per heavy atom. The zero-order chi connectivity index (χ0) is 14.6. The number of para-hydroxylation sites is 1. The zero-order valence-corrected chi connectivity index (χ0v) is 13.5. The summed E-state index contributed by atoms with van der Waals surface area (Å²) in [7, 11) is 1.74. The standard InChI is InChI=1S/C18H31NO/c1-4-5-6-7-8-9-12-15-19-16(2)17-13-10-11-14-18(17)20-3/h10-11,13-14,16,19H,4-9,12,15H2,1-3H3/t16-/m1/s1. The fourth-order valence-corrected chi connectivity index (χ4v) is 2.53. The largest absolute Gasteiger partial charge is 0.496 e. The number of ether oxygens (including phenoxy) is 1. The number of methoxy groups -OCH3 is 1. The molecule has 1 rings (SSSR count). The van der Waals surface area contributed by atoms with Crippen LogP contribution >= 0.6 is 0 Å². The van der Waals surface area contributed by atoms with E-state index in [-0.39, 0.29) is 0 Å². The Kier molecular flexibility index (Phi) is 9.14. The molecule has 0 fully saturated rings. The summed E-state index contributed by atoms with van der Waals surface area (Å²) >= 11 is 0. The molecule has 1 N–H and O–H groups in total. The molecule has 0 saturated heterocycles. The topological polar surface area (TPSA) is 21.3 Å². The van der Waals surface area contributed by atoms with Crippen molar-refractivity contribution in [2.75, 3.05) is 13.7 Å². The van der Waals surface area contributed by atoms with Gasteiger partial charge in [-0.1, -0.05) is 63.6 Å². The normalized spacial score (nSPS) is 12.3. The monoisotopic (exact) mass is 277 g/mol. The SMILES string of the molecule is CCCCCCCCCN[C@H](C)c1ccccc1OC. The fourth-order valence-electron chi connectivity index (χ4n) is 2.53. The Morgan fingerprint density at radius 3 is 2.35 bits per heavy atom. The number of nitrogens with one attached hydrogen (secondary N) is 1. The maximum atomic E-state index is 5.41. The molecule has 0 aliphatic carbocycles. The molecule has 0 unspecified atom stereocenters. The van der Waals surface area contributed by atoms with Crippen LogP contribution < -0.4 is 10.1 Å². The maximum Gasteiger partial charge on any atom is 0.123 e. The molecule has 2 nitrogen and oxygen atoms in total. The third kappa shape index (κ3) is 6.42. The summed E-state index contributed by atoms with van der Waals surface area (Å²) in [6.07, 6.45) is 9.52. The van der Waals surface area contributed by atoms with Crippen LogP contribution in [0.1, 0.15) is 70.4 Å². The van der Waals surface area contributed by atoms with Gasteiger partial charge in [0.25, 0.3) is 0 Å². The van der Waals surface area contributed by atoms with E-state index in [1.165, 1.54) is 50.5 Å². The Hall–Kier alpha value is -1.02. The number of benzene rings is 1. The van der Waals surface area contributed by atoms with Crippen LogP contribution in [-0.2, 0) is 0 Å². The van der Waals surface area contributed by atoms with Gasteiger partial charge in [-0.15, -0.1) is 0 Å². The van der Waals surface area contributed by atoms with E-state index in [4.69, 9.17) is 4.74 Å². The van der Waals surface area contributed by atoms with Crippen molar-refractivity contribution in [3.63, 3.8) is 0 Å². The summed E-state index contributed by atoms with van der Waals surface area (Å²) in [5, 5.41) is 3.60. The van der Waals surface area contributed by atoms with Crippen LogP contribution in [0.4, 0.5) is 0 Å². The predicted molar refractivity (Wildman–Crippen MR) is 87.4 cm³/mol. The summed E-state index contributed by atoms with van der Waals surface area (Å²) < 4.78 is 5.41. The van der Waals surface area contributed by atoms with E-state index in [1.54, 1.807) is 7.11 Å². The highest BCUT2D eigenvalue weighted by Crippen LogP contribution is 2.24. The van der Waals surface area contributed by atoms with E-state index in [0.29, 0.717) is 6.04 Å². The zero-order valence-electron chi connectivity index (χ0n) is 13.5. The lowest BCUT2D eigenvalue weighted by atomic mass is 10.1. The van der Waals surface area contributed by atoms with E-state index in [9.17, 15) is 0 Å². The van der Waals surface area contributed by atoms with Crippen LogP contribution in [-0.4, -0.2) is 13.7 Å². The number of rotatable bonds is 11. The number of hydrogen-bond donors (Lipinski definition) is 1. The minimum Gasteiger partial charge on any atom is -0.496 e. The molecule has 20 heavy (non-hydrogen) atoms. The molecule has 1 atom stereocenters. The molecule has 0 aliphatic rings. The van der Waals surface area contributed by atoms with Crippen molar-refractivity contribution in [3.05, 3.63) is 29.8 Å². The Balaban J connectivity index is 2.15. The molecule has 0 heterocycles. The van der Waals surface area contributed by atoms with Gasteiger partial charge in [-0.2, -0.15) is 0 Å². The van der Waals surface area contributed by atoms with Crippen molar-refractivity contribution in [2.24, 2.45) is 0 Å². The van der Waals surface area contributed by atoms with Crippen molar-refractivity contribution in [1.82, 2.24) is 5.32 Å². The molecule has 1 aromatic carbocycles. The molecule has 0 bridgehead atoms. The van der Waals surface area contributed by atoms with E-state index >= 15 is 0 Å². The van der Waals surface area contributed by atoms with Crippen molar-refractivity contribution in [3.8, 4) is 5.75 Å². The number of unbranched alkanes of at least 4 members (excludes halogenated alkanes) is 6. The van der Waals surface area contributed by atoms with Gasteiger partial charge in [-0.3, -0.25) is 0 Å². The number of hydrogen-bond acceptors (Lipinski definition) is 2. The van der Waals surface area contributed by atoms with Crippen LogP contribution in [0.2, 0.25) is 0 Å². The lowest BCUT2D eigenvalue weighted by molar-refractivity contribution is 0.401. The molecule has 0 aromatic heterocycles. The minimum absolute atomic E-state index is 0.353. The first kappa shape index (κ1) is 17.0. The molecule has 0 radical (unpaired) electrons. The van der Waals surface area contributed by atoms with E-state index in [0.717, 1.165) is 12.3 Å². The second kappa shape index (κ2) is 10.7. The van der Waals surface area contributed by atoms with Crippen LogP contribution in [0.25, 0.3) is 0 Å². The van der Waals surface area contributed by atoms with Crippen molar-refractivity contribution >= 4 is 0 Å². The molecule has 0 spiro atoms. The molecule has 0 saturated carbocycles. The molecule has 1 aromatic rings. The molecular formula is C18H31NO. The second-order valence-electron chi connectivity index (χ2n) is 5.54. The summed E-state index contributed by atoms with van der Waals surface area (Å²) in [4.78, 5) is 0. The van der Waals surface area contributed by atoms with Crippen molar-refractivity contribution in [1.29, 1.82) is 0 Å². The minimum atomic E-state index is 0.353. The lowest BCUT2D eigenvalue weighted by Gasteiger charge is -2.17. The van der Waals surface area contributed by atoms with Gasteiger partial charge in [0.15, 0.2) is 0 Å². The first-order valence-corrected chi connectivity index (χ1v) is 8.16. The van der Waals surface area contributed by atoms with E-state index in [2.05, 4.69) is 31.3 Å². The molecular weight excluding hydrogens is 246 g/mol. The highest BCUT2D eigenvalue weighted by atomic mass is 16.5. The van der Waals surface area contributed by atoms with Crippen LogP contribution in [0.15, 0.2) is 24.3 Å². The Labute approximate surface area is 124 Å². The molecule has 114 valence electrons. The highest BCUT2D eigenvalue weighted by Gasteiger charge is 2.09. The van der Waals surface area contributed by atoms with Gasteiger partial charge in [0.2, 0.25) is 0 Å². The van der Waals surface area contributed by atoms with Crippen molar-refractivity contribution < 1.29 is 4.74 Å². The van der Waals surface area contributed by atoms with Gasteiger partial charge in [0.05, 0.1) is 7.11 Å². The molecule has 2 heteroatoms. The van der Waals surface area contributed by atoms with Crippen LogP contribution in [0.5, 0.6) is 5.75 Å². The van der Waals surface area contributed by atoms with E-state index < -0.39 is 0 Å². The Bertz CT molecular complexity index is 351. The predicted octanol–water partition coefficient (Wildman–Crippen LogP) is 5.10. The maximum absolute atomic E-state index is 5.41. The Morgan fingerprint density at radius 2 is 1.65 bits per heavy atom. The molecule has 0 aliphatic heterocycles. The van der Waals surface area contributed by atoms with Gasteiger partial charge >= 0.3 is 0 Å².